The van der Waals surface area contributed by atoms with Crippen molar-refractivity contribution < 1.29 is 29.0 Å². The monoisotopic (exact) mass is 351 g/mol. The van der Waals surface area contributed by atoms with Gasteiger partial charge in [0.05, 0.1) is 12.8 Å². The van der Waals surface area contributed by atoms with Crippen LogP contribution in [0.4, 0.5) is 10.5 Å². The van der Waals surface area contributed by atoms with Gasteiger partial charge in [-0.15, -0.1) is 0 Å². The van der Waals surface area contributed by atoms with Crippen molar-refractivity contribution in [2.24, 2.45) is 0 Å². The Hall–Kier alpha value is -3.00. The van der Waals surface area contributed by atoms with E-state index >= 15 is 0 Å². The Labute approximate surface area is 139 Å². The number of anilines is 1. The summed E-state index contributed by atoms with van der Waals surface area (Å²) in [4.78, 5) is 35.6. The van der Waals surface area contributed by atoms with Crippen LogP contribution in [0.5, 0.6) is 5.75 Å². The number of fused-ring (bicyclic) bond motifs is 2. The average Bonchev–Trinajstić information content (AvgIpc) is 2.52. The SMILES string of the molecule is COc1c2c(cc3oc(C(=O)O)cc(=O)c13)N(C(=O)O)C=C(Cl)C2. The summed E-state index contributed by atoms with van der Waals surface area (Å²) in [5.41, 5.74) is -0.119. The van der Waals surface area contributed by atoms with E-state index in [4.69, 9.17) is 25.9 Å². The predicted octanol–water partition coefficient (Wildman–Crippen LogP) is 2.62. The normalized spacial score (nSPS) is 13.4. The van der Waals surface area contributed by atoms with Crippen molar-refractivity contribution >= 4 is 40.3 Å². The Morgan fingerprint density at radius 3 is 2.62 bits per heavy atom. The number of allylic oxidation sites excluding steroid dienone is 1. The zero-order valence-corrected chi connectivity index (χ0v) is 13.0. The Bertz CT molecular complexity index is 976. The van der Waals surface area contributed by atoms with Gasteiger partial charge in [0, 0.05) is 35.3 Å². The third-order valence-corrected chi connectivity index (χ3v) is 3.78. The van der Waals surface area contributed by atoms with E-state index in [9.17, 15) is 19.5 Å². The Morgan fingerprint density at radius 2 is 2.04 bits per heavy atom. The van der Waals surface area contributed by atoms with Crippen LogP contribution in [0.2, 0.25) is 0 Å². The van der Waals surface area contributed by atoms with Crippen molar-refractivity contribution in [1.29, 1.82) is 0 Å². The molecule has 1 aromatic heterocycles. The fourth-order valence-corrected chi connectivity index (χ4v) is 2.85. The van der Waals surface area contributed by atoms with Crippen LogP contribution < -0.4 is 15.1 Å². The van der Waals surface area contributed by atoms with Crippen LogP contribution in [-0.4, -0.2) is 29.4 Å². The molecule has 124 valence electrons. The van der Waals surface area contributed by atoms with Crippen molar-refractivity contribution in [1.82, 2.24) is 0 Å². The number of hydrogen-bond acceptors (Lipinski definition) is 5. The molecular formula is C15H10ClNO7. The van der Waals surface area contributed by atoms with Gasteiger partial charge in [0.2, 0.25) is 5.76 Å². The van der Waals surface area contributed by atoms with Crippen LogP contribution in [0.25, 0.3) is 11.0 Å². The molecule has 0 bridgehead atoms. The molecule has 1 amide bonds. The summed E-state index contributed by atoms with van der Waals surface area (Å²) in [7, 11) is 1.32. The maximum atomic E-state index is 12.3. The van der Waals surface area contributed by atoms with E-state index < -0.39 is 23.3 Å². The van der Waals surface area contributed by atoms with E-state index in [0.717, 1.165) is 11.0 Å². The van der Waals surface area contributed by atoms with Crippen LogP contribution >= 0.6 is 11.6 Å². The van der Waals surface area contributed by atoms with Gasteiger partial charge in [-0.1, -0.05) is 11.6 Å². The molecule has 1 aromatic carbocycles. The minimum atomic E-state index is -1.41. The van der Waals surface area contributed by atoms with E-state index in [1.807, 2.05) is 0 Å². The molecule has 0 radical (unpaired) electrons. The molecule has 9 heteroatoms. The second-order valence-electron chi connectivity index (χ2n) is 4.97. The number of nitrogens with zero attached hydrogens (tertiary/aromatic N) is 1. The predicted molar refractivity (Wildman–Crippen MR) is 84.1 cm³/mol. The largest absolute Gasteiger partial charge is 0.495 e. The number of amides is 1. The highest BCUT2D eigenvalue weighted by atomic mass is 35.5. The van der Waals surface area contributed by atoms with Gasteiger partial charge in [-0.25, -0.2) is 9.59 Å². The van der Waals surface area contributed by atoms with Crippen molar-refractivity contribution in [3.63, 3.8) is 0 Å². The number of halogens is 1. The number of carboxylic acids is 1. The smallest absolute Gasteiger partial charge is 0.416 e. The van der Waals surface area contributed by atoms with Crippen LogP contribution in [0.15, 0.2) is 32.6 Å². The summed E-state index contributed by atoms with van der Waals surface area (Å²) < 4.78 is 10.5. The summed E-state index contributed by atoms with van der Waals surface area (Å²) in [6.45, 7) is 0. The summed E-state index contributed by atoms with van der Waals surface area (Å²) >= 11 is 5.99. The molecular weight excluding hydrogens is 342 g/mol. The number of carboxylic acid groups (broad SMARTS) is 2. The maximum absolute atomic E-state index is 12.3. The molecule has 1 aliphatic rings. The lowest BCUT2D eigenvalue weighted by atomic mass is 10.0. The molecule has 2 heterocycles. The molecule has 0 saturated heterocycles. The highest BCUT2D eigenvalue weighted by molar-refractivity contribution is 6.30. The number of ether oxygens (including phenoxy) is 1. The number of hydrogen-bond donors (Lipinski definition) is 2. The molecule has 0 spiro atoms. The first kappa shape index (κ1) is 15.9. The van der Waals surface area contributed by atoms with Gasteiger partial charge in [0.25, 0.3) is 0 Å². The van der Waals surface area contributed by atoms with Crippen LogP contribution in [0, 0.1) is 0 Å². The van der Waals surface area contributed by atoms with Gasteiger partial charge in [-0.3, -0.25) is 9.69 Å². The number of rotatable bonds is 2. The third kappa shape index (κ3) is 2.37. The first-order chi connectivity index (χ1) is 11.3. The van der Waals surface area contributed by atoms with Crippen molar-refractivity contribution in [2.45, 2.75) is 6.42 Å². The minimum Gasteiger partial charge on any atom is -0.495 e. The number of benzene rings is 1. The molecule has 0 unspecified atom stereocenters. The second kappa shape index (κ2) is 5.57. The van der Waals surface area contributed by atoms with Gasteiger partial charge in [-0.05, 0) is 0 Å². The highest BCUT2D eigenvalue weighted by Crippen LogP contribution is 2.41. The van der Waals surface area contributed by atoms with E-state index in [0.29, 0.717) is 5.56 Å². The van der Waals surface area contributed by atoms with E-state index in [1.165, 1.54) is 19.4 Å². The quantitative estimate of drug-likeness (QED) is 0.853. The fourth-order valence-electron chi connectivity index (χ4n) is 2.61. The molecule has 0 fully saturated rings. The lowest BCUT2D eigenvalue weighted by molar-refractivity contribution is 0.0663. The molecule has 1 aliphatic heterocycles. The van der Waals surface area contributed by atoms with Gasteiger partial charge in [0.1, 0.15) is 16.7 Å². The van der Waals surface area contributed by atoms with Gasteiger partial charge < -0.3 is 19.4 Å². The van der Waals surface area contributed by atoms with Gasteiger partial charge in [-0.2, -0.15) is 0 Å². The lowest BCUT2D eigenvalue weighted by Gasteiger charge is -2.25. The van der Waals surface area contributed by atoms with Crippen LogP contribution in [0.3, 0.4) is 0 Å². The number of carbonyl (C=O) groups is 2. The van der Waals surface area contributed by atoms with E-state index in [2.05, 4.69) is 0 Å². The van der Waals surface area contributed by atoms with Crippen LogP contribution in [0.1, 0.15) is 16.1 Å². The fraction of sp³-hybridized carbons (Fsp3) is 0.133. The first-order valence-corrected chi connectivity index (χ1v) is 7.00. The zero-order chi connectivity index (χ0) is 17.6. The second-order valence-corrected chi connectivity index (χ2v) is 5.45. The van der Waals surface area contributed by atoms with Crippen molar-refractivity contribution in [2.75, 3.05) is 12.0 Å². The summed E-state index contributed by atoms with van der Waals surface area (Å²) in [6.07, 6.45) is 0.0866. The zero-order valence-electron chi connectivity index (χ0n) is 12.2. The highest BCUT2D eigenvalue weighted by Gasteiger charge is 2.28. The first-order valence-electron chi connectivity index (χ1n) is 6.63. The molecule has 8 nitrogen and oxygen atoms in total. The van der Waals surface area contributed by atoms with Crippen molar-refractivity contribution in [3.05, 3.63) is 44.9 Å². The van der Waals surface area contributed by atoms with E-state index in [-0.39, 0.29) is 33.9 Å². The molecule has 2 aromatic rings. The minimum absolute atomic E-state index is 0.0259. The summed E-state index contributed by atoms with van der Waals surface area (Å²) in [5.74, 6) is -1.87. The molecule has 2 N–H and O–H groups in total. The average molecular weight is 352 g/mol. The third-order valence-electron chi connectivity index (χ3n) is 3.55. The molecule has 0 atom stereocenters. The molecule has 0 aliphatic carbocycles. The molecule has 3 rings (SSSR count). The molecule has 24 heavy (non-hydrogen) atoms. The Kier molecular flexibility index (Phi) is 3.69. The van der Waals surface area contributed by atoms with Crippen LogP contribution in [-0.2, 0) is 6.42 Å². The molecule has 0 saturated carbocycles. The van der Waals surface area contributed by atoms with Gasteiger partial charge >= 0.3 is 12.1 Å². The Morgan fingerprint density at radius 1 is 1.33 bits per heavy atom. The Balaban J connectivity index is 2.43. The summed E-state index contributed by atoms with van der Waals surface area (Å²) in [5, 5.41) is 18.6. The van der Waals surface area contributed by atoms with Crippen molar-refractivity contribution in [3.8, 4) is 5.75 Å². The summed E-state index contributed by atoms with van der Waals surface area (Å²) in [6, 6.07) is 2.13. The topological polar surface area (TPSA) is 117 Å². The number of aromatic carboxylic acids is 1. The number of methoxy groups -OCH3 is 1. The van der Waals surface area contributed by atoms with E-state index in [1.54, 1.807) is 0 Å². The maximum Gasteiger partial charge on any atom is 0.416 e. The van der Waals surface area contributed by atoms with Gasteiger partial charge in [0.15, 0.2) is 5.43 Å². The standard InChI is InChI=1S/C15H10ClNO7/c1-23-13-7-2-6(16)5-17(15(21)22)8(7)3-10-12(13)9(18)4-11(24-10)14(19)20/h3-5H,2H2,1H3,(H,19,20)(H,21,22). The lowest BCUT2D eigenvalue weighted by Crippen LogP contribution is -2.27.